The third-order valence-electron chi connectivity index (χ3n) is 6.62. The van der Waals surface area contributed by atoms with Gasteiger partial charge in [0.2, 0.25) is 21.8 Å². The number of carbonyl (C=O) groups excluding carboxylic acids is 2. The van der Waals surface area contributed by atoms with Crippen LogP contribution in [0.4, 0.5) is 5.69 Å². The molecular weight excluding hydrogens is 581 g/mol. The number of rotatable bonds is 10. The van der Waals surface area contributed by atoms with Gasteiger partial charge < -0.3 is 10.2 Å². The summed E-state index contributed by atoms with van der Waals surface area (Å²) in [5.74, 6) is -0.954. The summed E-state index contributed by atoms with van der Waals surface area (Å²) in [6.07, 6.45) is 1.25. The number of benzene rings is 3. The largest absolute Gasteiger partial charge is 0.350 e. The molecule has 0 radical (unpaired) electrons. The van der Waals surface area contributed by atoms with Crippen LogP contribution in [-0.4, -0.2) is 49.5 Å². The molecule has 10 heteroatoms. The van der Waals surface area contributed by atoms with Crippen LogP contribution < -0.4 is 9.62 Å². The van der Waals surface area contributed by atoms with E-state index in [1.54, 1.807) is 30.3 Å². The van der Waals surface area contributed by atoms with Crippen molar-refractivity contribution in [3.8, 4) is 0 Å². The number of carbonyl (C=O) groups is 2. The first-order chi connectivity index (χ1) is 19.1. The van der Waals surface area contributed by atoms with Gasteiger partial charge in [-0.1, -0.05) is 65.7 Å². The minimum atomic E-state index is -3.87. The highest BCUT2D eigenvalue weighted by Crippen LogP contribution is 2.28. The fraction of sp³-hybridized carbons (Fsp3) is 0.355. The quantitative estimate of drug-likeness (QED) is 0.305. The minimum absolute atomic E-state index is 0.100. The van der Waals surface area contributed by atoms with Crippen molar-refractivity contribution in [2.24, 2.45) is 0 Å². The Morgan fingerprint density at radius 3 is 2.05 bits per heavy atom. The van der Waals surface area contributed by atoms with Gasteiger partial charge in [-0.25, -0.2) is 8.42 Å². The number of sulfonamides is 1. The number of aryl methyl sites for hydroxylation is 2. The highest BCUT2D eigenvalue weighted by Gasteiger charge is 2.35. The third kappa shape index (κ3) is 8.96. The Hall–Kier alpha value is -3.07. The van der Waals surface area contributed by atoms with Crippen LogP contribution in [0.5, 0.6) is 0 Å². The molecule has 0 bridgehead atoms. The van der Waals surface area contributed by atoms with E-state index in [4.69, 9.17) is 23.2 Å². The van der Waals surface area contributed by atoms with Crippen LogP contribution in [-0.2, 0) is 32.6 Å². The number of anilines is 1. The van der Waals surface area contributed by atoms with E-state index >= 15 is 0 Å². The normalized spacial score (nSPS) is 12.5. The van der Waals surface area contributed by atoms with Crippen LogP contribution in [0.2, 0.25) is 10.0 Å². The number of nitrogens with one attached hydrogen (secondary N) is 1. The molecule has 0 saturated carbocycles. The van der Waals surface area contributed by atoms with Crippen LogP contribution in [0.15, 0.2) is 66.7 Å². The van der Waals surface area contributed by atoms with Crippen LogP contribution in [0, 0.1) is 13.8 Å². The summed E-state index contributed by atoms with van der Waals surface area (Å²) >= 11 is 13.0. The number of hydrogen-bond donors (Lipinski definition) is 1. The van der Waals surface area contributed by atoms with Crippen LogP contribution >= 0.6 is 23.2 Å². The molecule has 0 aliphatic rings. The topological polar surface area (TPSA) is 86.8 Å². The third-order valence-corrected chi connectivity index (χ3v) is 8.47. The van der Waals surface area contributed by atoms with Crippen molar-refractivity contribution in [2.75, 3.05) is 17.1 Å². The number of amides is 2. The Morgan fingerprint density at radius 2 is 1.51 bits per heavy atom. The molecule has 41 heavy (non-hydrogen) atoms. The first-order valence-corrected chi connectivity index (χ1v) is 15.8. The van der Waals surface area contributed by atoms with Gasteiger partial charge in [0.15, 0.2) is 0 Å². The molecule has 0 aliphatic heterocycles. The standard InChI is InChI=1S/C31H37Cl2N3O4S/c1-21-15-16-24(17-22(21)2)36(41(6,39)40)20-29(37)35(19-25-26(32)13-10-14-27(25)33)28(30(38)34-31(3,4)5)18-23-11-8-7-9-12-23/h7-17,28H,18-20H2,1-6H3,(H,34,38)/t28-/m0/s1. The predicted molar refractivity (Wildman–Crippen MR) is 167 cm³/mol. The van der Waals surface area contributed by atoms with E-state index in [0.717, 1.165) is 27.3 Å². The lowest BCUT2D eigenvalue weighted by Gasteiger charge is -2.35. The van der Waals surface area contributed by atoms with Crippen LogP contribution in [0.3, 0.4) is 0 Å². The molecule has 3 aromatic rings. The Kier molecular flexibility index (Phi) is 10.5. The molecule has 0 spiro atoms. The molecule has 7 nitrogen and oxygen atoms in total. The van der Waals surface area contributed by atoms with Crippen LogP contribution in [0.25, 0.3) is 0 Å². The summed E-state index contributed by atoms with van der Waals surface area (Å²) in [7, 11) is -3.87. The Labute approximate surface area is 253 Å². The average Bonchev–Trinajstić information content (AvgIpc) is 2.86. The van der Waals surface area contributed by atoms with Crippen molar-refractivity contribution in [1.82, 2.24) is 10.2 Å². The maximum Gasteiger partial charge on any atom is 0.244 e. The van der Waals surface area contributed by atoms with Gasteiger partial charge in [0.05, 0.1) is 11.9 Å². The molecule has 3 aromatic carbocycles. The van der Waals surface area contributed by atoms with Crippen molar-refractivity contribution in [2.45, 2.75) is 59.2 Å². The number of halogens is 2. The Morgan fingerprint density at radius 1 is 0.902 bits per heavy atom. The van der Waals surface area contributed by atoms with Gasteiger partial charge in [-0.2, -0.15) is 0 Å². The van der Waals surface area contributed by atoms with Gasteiger partial charge in [-0.15, -0.1) is 0 Å². The molecule has 220 valence electrons. The first-order valence-electron chi connectivity index (χ1n) is 13.2. The van der Waals surface area contributed by atoms with E-state index in [0.29, 0.717) is 21.3 Å². The molecule has 0 aliphatic carbocycles. The second kappa shape index (κ2) is 13.3. The lowest BCUT2D eigenvalue weighted by atomic mass is 10.0. The molecule has 0 fully saturated rings. The van der Waals surface area contributed by atoms with Crippen molar-refractivity contribution >= 4 is 50.7 Å². The van der Waals surface area contributed by atoms with E-state index < -0.39 is 34.1 Å². The lowest BCUT2D eigenvalue weighted by molar-refractivity contribution is -0.140. The highest BCUT2D eigenvalue weighted by atomic mass is 35.5. The van der Waals surface area contributed by atoms with Crippen LogP contribution in [0.1, 0.15) is 43.0 Å². The molecule has 3 rings (SSSR count). The second-order valence-corrected chi connectivity index (χ2v) is 13.9. The van der Waals surface area contributed by atoms with E-state index in [1.807, 2.05) is 71.0 Å². The zero-order valence-corrected chi connectivity index (χ0v) is 26.6. The van der Waals surface area contributed by atoms with Gasteiger partial charge in [0.1, 0.15) is 12.6 Å². The van der Waals surface area contributed by atoms with Crippen molar-refractivity contribution in [3.63, 3.8) is 0 Å². The molecule has 0 heterocycles. The summed E-state index contributed by atoms with van der Waals surface area (Å²) in [6.45, 7) is 8.74. The fourth-order valence-corrected chi connectivity index (χ4v) is 5.71. The fourth-order valence-electron chi connectivity index (χ4n) is 4.36. The monoisotopic (exact) mass is 617 g/mol. The van der Waals surface area contributed by atoms with E-state index in [-0.39, 0.29) is 18.9 Å². The lowest BCUT2D eigenvalue weighted by Crippen LogP contribution is -2.56. The van der Waals surface area contributed by atoms with Crippen molar-refractivity contribution < 1.29 is 18.0 Å². The molecule has 0 aromatic heterocycles. The molecule has 1 atom stereocenters. The zero-order valence-electron chi connectivity index (χ0n) is 24.2. The highest BCUT2D eigenvalue weighted by molar-refractivity contribution is 7.92. The summed E-state index contributed by atoms with van der Waals surface area (Å²) < 4.78 is 27.0. The number of nitrogens with zero attached hydrogens (tertiary/aromatic N) is 2. The van der Waals surface area contributed by atoms with E-state index in [2.05, 4.69) is 5.32 Å². The van der Waals surface area contributed by atoms with Crippen molar-refractivity contribution in [1.29, 1.82) is 0 Å². The number of hydrogen-bond acceptors (Lipinski definition) is 4. The first kappa shape index (κ1) is 32.4. The van der Waals surface area contributed by atoms with Gasteiger partial charge in [0, 0.05) is 34.1 Å². The van der Waals surface area contributed by atoms with Gasteiger partial charge in [-0.3, -0.25) is 13.9 Å². The van der Waals surface area contributed by atoms with Gasteiger partial charge in [0.25, 0.3) is 0 Å². The summed E-state index contributed by atoms with van der Waals surface area (Å²) in [5.41, 5.74) is 2.95. The maximum absolute atomic E-state index is 14.2. The molecule has 1 N–H and O–H groups in total. The maximum atomic E-state index is 14.2. The van der Waals surface area contributed by atoms with Crippen molar-refractivity contribution in [3.05, 3.63) is 99.0 Å². The molecular formula is C31H37Cl2N3O4S. The predicted octanol–water partition coefficient (Wildman–Crippen LogP) is 5.93. The van der Waals surface area contributed by atoms with E-state index in [1.165, 1.54) is 4.90 Å². The van der Waals surface area contributed by atoms with Gasteiger partial charge in [-0.05, 0) is 75.6 Å². The van der Waals surface area contributed by atoms with Gasteiger partial charge >= 0.3 is 0 Å². The molecule has 0 saturated heterocycles. The van der Waals surface area contributed by atoms with E-state index in [9.17, 15) is 18.0 Å². The summed E-state index contributed by atoms with van der Waals surface area (Å²) in [5, 5.41) is 3.65. The average molecular weight is 619 g/mol. The summed E-state index contributed by atoms with van der Waals surface area (Å²) in [4.78, 5) is 29.4. The second-order valence-electron chi connectivity index (χ2n) is 11.2. The SMILES string of the molecule is Cc1ccc(N(CC(=O)N(Cc2c(Cl)cccc2Cl)[C@@H](Cc2ccccc2)C(=O)NC(C)(C)C)S(C)(=O)=O)cc1C. The smallest absolute Gasteiger partial charge is 0.244 e. The summed E-state index contributed by atoms with van der Waals surface area (Å²) in [6, 6.07) is 18.6. The Bertz CT molecular complexity index is 1490. The zero-order chi connectivity index (χ0) is 30.5. The minimum Gasteiger partial charge on any atom is -0.350 e. The molecule has 2 amide bonds. The molecule has 0 unspecified atom stereocenters. The Balaban J connectivity index is 2.13.